The summed E-state index contributed by atoms with van der Waals surface area (Å²) in [6.45, 7) is 9.20. The van der Waals surface area contributed by atoms with Crippen LogP contribution in [0.4, 0.5) is 4.79 Å². The number of aromatic nitrogens is 1. The van der Waals surface area contributed by atoms with E-state index < -0.39 is 17.7 Å². The Morgan fingerprint density at radius 2 is 1.87 bits per heavy atom. The molecule has 0 aliphatic carbocycles. The van der Waals surface area contributed by atoms with Gasteiger partial charge in [0.2, 0.25) is 0 Å². The summed E-state index contributed by atoms with van der Waals surface area (Å²) in [7, 11) is 4.87. The number of hydrogen-bond donors (Lipinski definition) is 1. The quantitative estimate of drug-likeness (QED) is 0.697. The molecule has 1 atom stereocenters. The van der Waals surface area contributed by atoms with Crippen LogP contribution in [0.5, 0.6) is 5.75 Å². The van der Waals surface area contributed by atoms with Crippen molar-refractivity contribution >= 4 is 23.6 Å². The van der Waals surface area contributed by atoms with Gasteiger partial charge in [0.1, 0.15) is 17.5 Å². The van der Waals surface area contributed by atoms with Crippen LogP contribution in [-0.4, -0.2) is 48.6 Å². The molecule has 1 aromatic heterocycles. The molecule has 31 heavy (non-hydrogen) atoms. The fraction of sp³-hybridized carbons (Fsp3) is 0.435. The number of ether oxygens (including phenoxy) is 2. The van der Waals surface area contributed by atoms with Gasteiger partial charge >= 0.3 is 6.09 Å². The minimum atomic E-state index is -0.638. The van der Waals surface area contributed by atoms with Gasteiger partial charge in [0.25, 0.3) is 5.91 Å². The number of benzene rings is 1. The lowest BCUT2D eigenvalue weighted by Crippen LogP contribution is -2.41. The van der Waals surface area contributed by atoms with Crippen molar-refractivity contribution < 1.29 is 19.1 Å². The summed E-state index contributed by atoms with van der Waals surface area (Å²) in [5.74, 6) is 0.274. The van der Waals surface area contributed by atoms with Crippen LogP contribution in [0.1, 0.15) is 55.4 Å². The SMILES string of the molecule is COc1c(C(C)OC(=O)NC(C)(C)C)cc(Cl)c(C)c1-c1cccc(C(=O)N(C)C)n1. The maximum atomic E-state index is 12.4. The van der Waals surface area contributed by atoms with Crippen molar-refractivity contribution in [2.45, 2.75) is 46.3 Å². The maximum absolute atomic E-state index is 12.4. The first-order valence-corrected chi connectivity index (χ1v) is 10.3. The Morgan fingerprint density at radius 3 is 2.42 bits per heavy atom. The average Bonchev–Trinajstić information content (AvgIpc) is 2.67. The maximum Gasteiger partial charge on any atom is 0.408 e. The fourth-order valence-electron chi connectivity index (χ4n) is 3.06. The molecule has 8 heteroatoms. The molecule has 1 heterocycles. The van der Waals surface area contributed by atoms with Crippen LogP contribution in [0.25, 0.3) is 11.3 Å². The molecule has 2 aromatic rings. The van der Waals surface area contributed by atoms with E-state index in [-0.39, 0.29) is 5.91 Å². The number of rotatable bonds is 5. The zero-order chi connectivity index (χ0) is 23.5. The molecule has 0 bridgehead atoms. The van der Waals surface area contributed by atoms with Gasteiger partial charge in [-0.05, 0) is 58.4 Å². The number of methoxy groups -OCH3 is 1. The number of nitrogens with one attached hydrogen (secondary N) is 1. The molecule has 1 unspecified atom stereocenters. The van der Waals surface area contributed by atoms with E-state index in [1.165, 1.54) is 12.0 Å². The molecule has 0 fully saturated rings. The number of amides is 2. The topological polar surface area (TPSA) is 80.8 Å². The van der Waals surface area contributed by atoms with Gasteiger partial charge in [-0.1, -0.05) is 17.7 Å². The molecule has 0 aliphatic heterocycles. The lowest BCUT2D eigenvalue weighted by Gasteiger charge is -2.24. The van der Waals surface area contributed by atoms with Crippen molar-refractivity contribution in [3.63, 3.8) is 0 Å². The van der Waals surface area contributed by atoms with Crippen molar-refractivity contribution in [3.8, 4) is 17.0 Å². The molecule has 2 rings (SSSR count). The van der Waals surface area contributed by atoms with Gasteiger partial charge in [-0.3, -0.25) is 4.79 Å². The summed E-state index contributed by atoms with van der Waals surface area (Å²) in [4.78, 5) is 30.7. The minimum absolute atomic E-state index is 0.212. The van der Waals surface area contributed by atoms with Crippen LogP contribution in [0, 0.1) is 6.92 Å². The highest BCUT2D eigenvalue weighted by Crippen LogP contribution is 2.42. The molecule has 0 spiro atoms. The third kappa shape index (κ3) is 5.88. The van der Waals surface area contributed by atoms with Gasteiger partial charge in [0.15, 0.2) is 0 Å². The van der Waals surface area contributed by atoms with Crippen molar-refractivity contribution in [2.24, 2.45) is 0 Å². The Labute approximate surface area is 188 Å². The first-order chi connectivity index (χ1) is 14.4. The normalized spacial score (nSPS) is 12.2. The number of hydrogen-bond acceptors (Lipinski definition) is 5. The third-order valence-electron chi connectivity index (χ3n) is 4.54. The summed E-state index contributed by atoms with van der Waals surface area (Å²) < 4.78 is 11.3. The largest absolute Gasteiger partial charge is 0.496 e. The Bertz CT molecular complexity index is 984. The minimum Gasteiger partial charge on any atom is -0.496 e. The number of alkyl carbamates (subject to hydrolysis) is 1. The lowest BCUT2D eigenvalue weighted by atomic mass is 9.97. The molecule has 0 saturated carbocycles. The molecular formula is C23H30ClN3O4. The van der Waals surface area contributed by atoms with E-state index in [2.05, 4.69) is 10.3 Å². The predicted octanol–water partition coefficient (Wildman–Crippen LogP) is 5.01. The predicted molar refractivity (Wildman–Crippen MR) is 122 cm³/mol. The fourth-order valence-corrected chi connectivity index (χ4v) is 3.27. The zero-order valence-electron chi connectivity index (χ0n) is 19.3. The molecule has 2 amide bonds. The Kier molecular flexibility index (Phi) is 7.54. The monoisotopic (exact) mass is 447 g/mol. The van der Waals surface area contributed by atoms with Crippen LogP contribution in [-0.2, 0) is 4.74 Å². The van der Waals surface area contributed by atoms with Gasteiger partial charge in [0.05, 0.1) is 12.8 Å². The highest BCUT2D eigenvalue weighted by molar-refractivity contribution is 6.32. The molecule has 168 valence electrons. The van der Waals surface area contributed by atoms with Crippen molar-refractivity contribution in [2.75, 3.05) is 21.2 Å². The number of carbonyl (C=O) groups is 2. The van der Waals surface area contributed by atoms with Crippen LogP contribution in [0.15, 0.2) is 24.3 Å². The van der Waals surface area contributed by atoms with Crippen LogP contribution >= 0.6 is 11.6 Å². The van der Waals surface area contributed by atoms with E-state index in [1.807, 2.05) is 27.7 Å². The standard InChI is InChI=1S/C23H30ClN3O4/c1-13-16(24)12-15(14(2)31-22(29)26-23(3,4)5)20(30-8)19(13)17-10-9-11-18(25-17)21(28)27(6)7/h9-12,14H,1-8H3,(H,26,29). The van der Waals surface area contributed by atoms with E-state index >= 15 is 0 Å². The molecule has 0 saturated heterocycles. The summed E-state index contributed by atoms with van der Waals surface area (Å²) in [5.41, 5.74) is 2.40. The molecule has 1 aromatic carbocycles. The van der Waals surface area contributed by atoms with E-state index in [4.69, 9.17) is 21.1 Å². The second-order valence-electron chi connectivity index (χ2n) is 8.51. The van der Waals surface area contributed by atoms with Crippen molar-refractivity contribution in [3.05, 3.63) is 46.1 Å². The smallest absolute Gasteiger partial charge is 0.408 e. The molecular weight excluding hydrogens is 418 g/mol. The highest BCUT2D eigenvalue weighted by Gasteiger charge is 2.25. The van der Waals surface area contributed by atoms with Crippen molar-refractivity contribution in [1.82, 2.24) is 15.2 Å². The Morgan fingerprint density at radius 1 is 1.23 bits per heavy atom. The van der Waals surface area contributed by atoms with Gasteiger partial charge in [-0.25, -0.2) is 9.78 Å². The van der Waals surface area contributed by atoms with E-state index in [0.717, 1.165) is 5.56 Å². The van der Waals surface area contributed by atoms with E-state index in [0.29, 0.717) is 33.3 Å². The molecule has 1 N–H and O–H groups in total. The van der Waals surface area contributed by atoms with Gasteiger partial charge in [-0.2, -0.15) is 0 Å². The zero-order valence-corrected chi connectivity index (χ0v) is 20.0. The third-order valence-corrected chi connectivity index (χ3v) is 4.93. The summed E-state index contributed by atoms with van der Waals surface area (Å²) in [6.07, 6.45) is -1.18. The highest BCUT2D eigenvalue weighted by atomic mass is 35.5. The number of nitrogens with zero attached hydrogens (tertiary/aromatic N) is 2. The van der Waals surface area contributed by atoms with Crippen LogP contribution in [0.3, 0.4) is 0 Å². The number of pyridine rings is 1. The number of carbonyl (C=O) groups excluding carboxylic acids is 2. The molecule has 7 nitrogen and oxygen atoms in total. The van der Waals surface area contributed by atoms with E-state index in [9.17, 15) is 9.59 Å². The summed E-state index contributed by atoms with van der Waals surface area (Å²) in [5, 5.41) is 3.25. The Hall–Kier alpha value is -2.80. The summed E-state index contributed by atoms with van der Waals surface area (Å²) >= 11 is 6.52. The van der Waals surface area contributed by atoms with Crippen LogP contribution < -0.4 is 10.1 Å². The first kappa shape index (κ1) is 24.5. The Balaban J connectivity index is 2.56. The average molecular weight is 448 g/mol. The first-order valence-electron chi connectivity index (χ1n) is 9.90. The van der Waals surface area contributed by atoms with Crippen molar-refractivity contribution in [1.29, 1.82) is 0 Å². The van der Waals surface area contributed by atoms with E-state index in [1.54, 1.807) is 45.3 Å². The molecule has 0 radical (unpaired) electrons. The number of halogens is 1. The van der Waals surface area contributed by atoms with Crippen LogP contribution in [0.2, 0.25) is 5.02 Å². The van der Waals surface area contributed by atoms with Gasteiger partial charge in [-0.15, -0.1) is 0 Å². The summed E-state index contributed by atoms with van der Waals surface area (Å²) in [6, 6.07) is 6.93. The molecule has 0 aliphatic rings. The van der Waals surface area contributed by atoms with Gasteiger partial charge in [0, 0.05) is 35.8 Å². The lowest BCUT2D eigenvalue weighted by molar-refractivity contribution is 0.0821. The van der Waals surface area contributed by atoms with Gasteiger partial charge < -0.3 is 19.7 Å². The second kappa shape index (κ2) is 9.56. The second-order valence-corrected chi connectivity index (χ2v) is 8.92.